The van der Waals surface area contributed by atoms with Crippen molar-refractivity contribution in [3.63, 3.8) is 0 Å². The number of amidine groups is 1. The van der Waals surface area contributed by atoms with Gasteiger partial charge in [-0.25, -0.2) is 4.39 Å². The fourth-order valence-electron chi connectivity index (χ4n) is 5.35. The molecule has 2 heterocycles. The number of nitrogen functional groups attached to an aromatic ring is 1. The number of benzene rings is 2. The summed E-state index contributed by atoms with van der Waals surface area (Å²) in [6.45, 7) is 5.49. The maximum atomic E-state index is 13.3. The van der Waals surface area contributed by atoms with Crippen molar-refractivity contribution < 1.29 is 23.5 Å². The first-order valence-corrected chi connectivity index (χ1v) is 14.2. The molecule has 0 bridgehead atoms. The Morgan fingerprint density at radius 3 is 2.56 bits per heavy atom. The highest BCUT2D eigenvalue weighted by molar-refractivity contribution is 7.10. The second-order valence-corrected chi connectivity index (χ2v) is 11.9. The van der Waals surface area contributed by atoms with Gasteiger partial charge in [-0.05, 0) is 86.2 Å². The third-order valence-corrected chi connectivity index (χ3v) is 8.94. The standard InChI is InChI=1S/C30H32FN5O4S/c1-16-10-18(4-9-23(16)40-21-7-5-20(31)6-8-21)28(38)34-14-26(37)36-22(12-30(3)13-25(30)36)29(39)35-17(2)24-11-19(15-41-24)27(32)33/h4-11,15,17,22,25H,12-14H2,1-3H3,(H3,32,33)(H,34,38)(H,35,39)/t17-,22+,25+,30-/m1/s1. The summed E-state index contributed by atoms with van der Waals surface area (Å²) in [7, 11) is 0. The van der Waals surface area contributed by atoms with E-state index in [1.807, 2.05) is 6.92 Å². The van der Waals surface area contributed by atoms with Crippen LogP contribution in [0.2, 0.25) is 0 Å². The monoisotopic (exact) mass is 577 g/mol. The zero-order valence-electron chi connectivity index (χ0n) is 23.0. The predicted molar refractivity (Wildman–Crippen MR) is 154 cm³/mol. The summed E-state index contributed by atoms with van der Waals surface area (Å²) >= 11 is 1.41. The number of nitrogens with two attached hydrogens (primary N) is 1. The van der Waals surface area contributed by atoms with E-state index in [4.69, 9.17) is 15.9 Å². The van der Waals surface area contributed by atoms with Gasteiger partial charge in [-0.1, -0.05) is 6.92 Å². The molecule has 11 heteroatoms. The van der Waals surface area contributed by atoms with Crippen LogP contribution in [0, 0.1) is 23.6 Å². The van der Waals surface area contributed by atoms with Crippen LogP contribution >= 0.6 is 11.3 Å². The van der Waals surface area contributed by atoms with Crippen molar-refractivity contribution in [2.75, 3.05) is 6.54 Å². The number of carbonyl (C=O) groups excluding carboxylic acids is 3. The van der Waals surface area contributed by atoms with Gasteiger partial charge in [-0.15, -0.1) is 11.3 Å². The molecular weight excluding hydrogens is 545 g/mol. The van der Waals surface area contributed by atoms with Gasteiger partial charge in [0.25, 0.3) is 5.91 Å². The lowest BCUT2D eigenvalue weighted by molar-refractivity contribution is -0.139. The quantitative estimate of drug-likeness (QED) is 0.223. The highest BCUT2D eigenvalue weighted by Gasteiger charge is 2.64. The Kier molecular flexibility index (Phi) is 7.56. The zero-order chi connectivity index (χ0) is 29.5. The third kappa shape index (κ3) is 5.95. The Morgan fingerprint density at radius 2 is 1.90 bits per heavy atom. The molecule has 1 aliphatic heterocycles. The van der Waals surface area contributed by atoms with Crippen LogP contribution in [0.4, 0.5) is 4.39 Å². The molecule has 2 aliphatic rings. The summed E-state index contributed by atoms with van der Waals surface area (Å²) in [6, 6.07) is 11.4. The summed E-state index contributed by atoms with van der Waals surface area (Å²) in [5.74, 6) is -0.355. The predicted octanol–water partition coefficient (Wildman–Crippen LogP) is 4.26. The van der Waals surface area contributed by atoms with Gasteiger partial charge in [0, 0.05) is 27.4 Å². The molecule has 2 fully saturated rings. The number of nitrogens with one attached hydrogen (secondary N) is 3. The Morgan fingerprint density at radius 1 is 1.17 bits per heavy atom. The number of aryl methyl sites for hydroxylation is 1. The number of rotatable bonds is 9. The summed E-state index contributed by atoms with van der Waals surface area (Å²) in [5, 5.41) is 15.1. The summed E-state index contributed by atoms with van der Waals surface area (Å²) < 4.78 is 18.9. The molecule has 5 rings (SSSR count). The fourth-order valence-corrected chi connectivity index (χ4v) is 6.26. The highest BCUT2D eigenvalue weighted by Crippen LogP contribution is 2.59. The number of nitrogens with zero attached hydrogens (tertiary/aromatic N) is 1. The number of thiophene rings is 1. The molecule has 0 radical (unpaired) electrons. The van der Waals surface area contributed by atoms with Gasteiger partial charge in [-0.2, -0.15) is 0 Å². The van der Waals surface area contributed by atoms with Gasteiger partial charge < -0.3 is 26.0 Å². The Labute approximate surface area is 241 Å². The summed E-state index contributed by atoms with van der Waals surface area (Å²) in [6.07, 6.45) is 1.39. The number of amides is 3. The smallest absolute Gasteiger partial charge is 0.251 e. The van der Waals surface area contributed by atoms with Crippen molar-refractivity contribution >= 4 is 34.9 Å². The first kappa shape index (κ1) is 28.3. The molecule has 3 amide bonds. The van der Waals surface area contributed by atoms with E-state index in [0.29, 0.717) is 34.6 Å². The van der Waals surface area contributed by atoms with Crippen LogP contribution in [-0.2, 0) is 9.59 Å². The van der Waals surface area contributed by atoms with Gasteiger partial charge in [0.05, 0.1) is 12.6 Å². The molecule has 0 unspecified atom stereocenters. The van der Waals surface area contributed by atoms with E-state index in [1.165, 1.54) is 35.6 Å². The van der Waals surface area contributed by atoms with E-state index in [2.05, 4.69) is 17.6 Å². The van der Waals surface area contributed by atoms with Crippen molar-refractivity contribution in [3.8, 4) is 11.5 Å². The molecule has 1 saturated heterocycles. The van der Waals surface area contributed by atoms with Gasteiger partial charge in [0.2, 0.25) is 11.8 Å². The molecule has 41 heavy (non-hydrogen) atoms. The lowest BCUT2D eigenvalue weighted by atomic mass is 10.0. The zero-order valence-corrected chi connectivity index (χ0v) is 23.8. The fraction of sp³-hybridized carbons (Fsp3) is 0.333. The number of hydrogen-bond donors (Lipinski definition) is 4. The van der Waals surface area contributed by atoms with E-state index in [9.17, 15) is 18.8 Å². The minimum atomic E-state index is -0.622. The first-order chi connectivity index (χ1) is 19.4. The maximum absolute atomic E-state index is 13.3. The minimum absolute atomic E-state index is 0.0296. The molecule has 0 spiro atoms. The molecule has 214 valence electrons. The number of likely N-dealkylation sites (tertiary alicyclic amines) is 1. The van der Waals surface area contributed by atoms with Crippen LogP contribution in [-0.4, -0.2) is 47.1 Å². The van der Waals surface area contributed by atoms with Crippen LogP contribution < -0.4 is 21.1 Å². The summed E-state index contributed by atoms with van der Waals surface area (Å²) in [4.78, 5) is 42.0. The van der Waals surface area contributed by atoms with Crippen molar-refractivity contribution in [2.45, 2.75) is 51.7 Å². The largest absolute Gasteiger partial charge is 0.457 e. The molecule has 1 aromatic heterocycles. The van der Waals surface area contributed by atoms with E-state index in [-0.39, 0.29) is 47.5 Å². The average molecular weight is 578 g/mol. The molecule has 2 aromatic carbocycles. The lowest BCUT2D eigenvalue weighted by Crippen LogP contribution is -2.51. The van der Waals surface area contributed by atoms with Crippen LogP contribution in [0.5, 0.6) is 11.5 Å². The number of halogens is 1. The van der Waals surface area contributed by atoms with Crippen molar-refractivity contribution in [1.29, 1.82) is 5.41 Å². The molecule has 1 saturated carbocycles. The molecular formula is C30H32FN5O4S. The van der Waals surface area contributed by atoms with E-state index in [1.54, 1.807) is 41.5 Å². The first-order valence-electron chi connectivity index (χ1n) is 13.3. The SMILES string of the molecule is Cc1cc(C(=O)NCC(=O)N2[C@H]3C[C@@]3(C)C[C@H]2C(=O)N[C@H](C)c2cc(C(=N)N)cs2)ccc1Oc1ccc(F)cc1. The lowest BCUT2D eigenvalue weighted by Gasteiger charge is -2.28. The molecule has 4 atom stereocenters. The number of ether oxygens (including phenoxy) is 1. The van der Waals surface area contributed by atoms with Crippen LogP contribution in [0.1, 0.15) is 59.1 Å². The third-order valence-electron chi connectivity index (χ3n) is 7.82. The topological polar surface area (TPSA) is 138 Å². The van der Waals surface area contributed by atoms with Crippen molar-refractivity contribution in [2.24, 2.45) is 11.1 Å². The summed E-state index contributed by atoms with van der Waals surface area (Å²) in [5.41, 5.74) is 7.13. The Bertz CT molecular complexity index is 1520. The van der Waals surface area contributed by atoms with Crippen LogP contribution in [0.25, 0.3) is 0 Å². The second kappa shape index (κ2) is 11.0. The van der Waals surface area contributed by atoms with Gasteiger partial charge in [0.15, 0.2) is 0 Å². The van der Waals surface area contributed by atoms with Gasteiger partial charge >= 0.3 is 0 Å². The number of carbonyl (C=O) groups is 3. The molecule has 9 nitrogen and oxygen atoms in total. The number of hydrogen-bond acceptors (Lipinski definition) is 6. The maximum Gasteiger partial charge on any atom is 0.251 e. The van der Waals surface area contributed by atoms with E-state index >= 15 is 0 Å². The van der Waals surface area contributed by atoms with Crippen molar-refractivity contribution in [3.05, 3.63) is 81.3 Å². The molecule has 3 aromatic rings. The number of fused-ring (bicyclic) bond motifs is 1. The van der Waals surface area contributed by atoms with Crippen LogP contribution in [0.15, 0.2) is 53.9 Å². The average Bonchev–Trinajstić information content (AvgIpc) is 3.26. The molecule has 1 aliphatic carbocycles. The molecule has 5 N–H and O–H groups in total. The van der Waals surface area contributed by atoms with E-state index in [0.717, 1.165) is 11.3 Å². The Hall–Kier alpha value is -4.25. The van der Waals surface area contributed by atoms with Crippen molar-refractivity contribution in [1.82, 2.24) is 15.5 Å². The van der Waals surface area contributed by atoms with Gasteiger partial charge in [-0.3, -0.25) is 19.8 Å². The van der Waals surface area contributed by atoms with Crippen LogP contribution in [0.3, 0.4) is 0 Å². The number of piperidine rings is 1. The highest BCUT2D eigenvalue weighted by atomic mass is 32.1. The Balaban J connectivity index is 1.19. The van der Waals surface area contributed by atoms with E-state index < -0.39 is 11.9 Å². The normalized spacial score (nSPS) is 21.5. The second-order valence-electron chi connectivity index (χ2n) is 11.0. The minimum Gasteiger partial charge on any atom is -0.457 e. The van der Waals surface area contributed by atoms with Gasteiger partial charge in [0.1, 0.15) is 29.2 Å².